The summed E-state index contributed by atoms with van der Waals surface area (Å²) in [4.78, 5) is 20.4. The molecule has 1 amide bonds. The molecular weight excluding hydrogens is 338 g/mol. The number of aryl methyl sites for hydroxylation is 1. The summed E-state index contributed by atoms with van der Waals surface area (Å²) < 4.78 is 5.54. The molecule has 3 aromatic rings. The summed E-state index contributed by atoms with van der Waals surface area (Å²) in [6, 6.07) is 17.3. The monoisotopic (exact) mass is 359 g/mol. The van der Waals surface area contributed by atoms with E-state index >= 15 is 0 Å². The van der Waals surface area contributed by atoms with Crippen molar-refractivity contribution in [2.45, 2.75) is 20.3 Å². The topological polar surface area (TPSA) is 64.1 Å². The molecule has 0 bridgehead atoms. The van der Waals surface area contributed by atoms with Gasteiger partial charge in [0.15, 0.2) is 0 Å². The average molecular weight is 359 g/mol. The zero-order valence-corrected chi connectivity index (χ0v) is 15.3. The number of carbonyl (C=O) groups is 1. The highest BCUT2D eigenvalue weighted by atomic mass is 16.5. The summed E-state index contributed by atoms with van der Waals surface area (Å²) in [5, 5.41) is 2.88. The Kier molecular flexibility index (Phi) is 5.94. The van der Waals surface area contributed by atoms with Gasteiger partial charge in [-0.25, -0.2) is 9.97 Å². The van der Waals surface area contributed by atoms with E-state index in [0.29, 0.717) is 11.4 Å². The van der Waals surface area contributed by atoms with Crippen LogP contribution in [0.1, 0.15) is 24.5 Å². The number of hydrogen-bond donors (Lipinski definition) is 1. The van der Waals surface area contributed by atoms with Crippen LogP contribution in [-0.2, 0) is 4.79 Å². The summed E-state index contributed by atoms with van der Waals surface area (Å²) in [6.07, 6.45) is 5.65. The highest BCUT2D eigenvalue weighted by Crippen LogP contribution is 2.21. The maximum Gasteiger partial charge on any atom is 0.321 e. The van der Waals surface area contributed by atoms with Gasteiger partial charge in [-0.3, -0.25) is 4.79 Å². The molecule has 5 nitrogen and oxygen atoms in total. The normalized spacial score (nSPS) is 11.1. The quantitative estimate of drug-likeness (QED) is 0.628. The third-order valence-electron chi connectivity index (χ3n) is 3.98. The number of rotatable bonds is 6. The van der Waals surface area contributed by atoms with Crippen LogP contribution in [0.4, 0.5) is 5.69 Å². The van der Waals surface area contributed by atoms with E-state index < -0.39 is 0 Å². The third-order valence-corrected chi connectivity index (χ3v) is 3.98. The number of hydrogen-bond acceptors (Lipinski definition) is 4. The Balaban J connectivity index is 1.65. The molecule has 0 aliphatic carbocycles. The molecule has 0 fully saturated rings. The van der Waals surface area contributed by atoms with E-state index in [0.717, 1.165) is 17.6 Å². The maximum atomic E-state index is 12.4. The van der Waals surface area contributed by atoms with E-state index in [9.17, 15) is 4.79 Å². The standard InChI is InChI=1S/C22H21N3O2/c1-3-17(18-7-5-16(2)6-8-18)15-21(26)25-19-9-11-20(12-10-19)27-22-23-13-4-14-24-22/h4-15H,3H2,1-2H3,(H,25,26)/b17-15+. The second-order valence-electron chi connectivity index (χ2n) is 6.04. The van der Waals surface area contributed by atoms with Gasteiger partial charge in [0.25, 0.3) is 0 Å². The number of nitrogens with zero attached hydrogens (tertiary/aromatic N) is 2. The van der Waals surface area contributed by atoms with Gasteiger partial charge in [0.05, 0.1) is 0 Å². The minimum Gasteiger partial charge on any atom is -0.424 e. The van der Waals surface area contributed by atoms with Crippen molar-refractivity contribution in [3.8, 4) is 11.8 Å². The minimum atomic E-state index is -0.160. The summed E-state index contributed by atoms with van der Waals surface area (Å²) in [5.41, 5.74) is 3.94. The molecule has 0 aliphatic rings. The lowest BCUT2D eigenvalue weighted by Crippen LogP contribution is -2.08. The van der Waals surface area contributed by atoms with Crippen molar-refractivity contribution in [3.05, 3.63) is 84.2 Å². The molecule has 1 heterocycles. The van der Waals surface area contributed by atoms with E-state index in [2.05, 4.69) is 15.3 Å². The van der Waals surface area contributed by atoms with Crippen molar-refractivity contribution in [1.82, 2.24) is 9.97 Å². The molecule has 1 aromatic heterocycles. The number of aromatic nitrogens is 2. The van der Waals surface area contributed by atoms with Crippen LogP contribution in [0.5, 0.6) is 11.8 Å². The Morgan fingerprint density at radius 3 is 2.33 bits per heavy atom. The van der Waals surface area contributed by atoms with E-state index in [1.807, 2.05) is 38.1 Å². The lowest BCUT2D eigenvalue weighted by Gasteiger charge is -2.08. The molecule has 27 heavy (non-hydrogen) atoms. The molecule has 0 atom stereocenters. The van der Waals surface area contributed by atoms with E-state index in [4.69, 9.17) is 4.74 Å². The van der Waals surface area contributed by atoms with E-state index in [-0.39, 0.29) is 11.9 Å². The molecule has 2 aromatic carbocycles. The average Bonchev–Trinajstić information content (AvgIpc) is 2.69. The molecule has 0 spiro atoms. The first kappa shape index (κ1) is 18.3. The molecule has 3 rings (SSSR count). The zero-order valence-electron chi connectivity index (χ0n) is 15.3. The van der Waals surface area contributed by atoms with Gasteiger partial charge in [-0.1, -0.05) is 36.8 Å². The van der Waals surface area contributed by atoms with Crippen molar-refractivity contribution in [3.63, 3.8) is 0 Å². The van der Waals surface area contributed by atoms with Crippen molar-refractivity contribution >= 4 is 17.2 Å². The van der Waals surface area contributed by atoms with Gasteiger partial charge in [-0.2, -0.15) is 0 Å². The van der Waals surface area contributed by atoms with Crippen molar-refractivity contribution in [2.75, 3.05) is 5.32 Å². The first-order valence-electron chi connectivity index (χ1n) is 8.77. The van der Waals surface area contributed by atoms with Crippen LogP contribution >= 0.6 is 0 Å². The Morgan fingerprint density at radius 1 is 1.04 bits per heavy atom. The molecule has 0 unspecified atom stereocenters. The fourth-order valence-corrected chi connectivity index (χ4v) is 2.54. The van der Waals surface area contributed by atoms with Gasteiger partial charge in [0, 0.05) is 24.2 Å². The Bertz CT molecular complexity index is 918. The summed E-state index contributed by atoms with van der Waals surface area (Å²) >= 11 is 0. The molecule has 5 heteroatoms. The number of ether oxygens (including phenoxy) is 1. The van der Waals surface area contributed by atoms with Crippen LogP contribution in [0.3, 0.4) is 0 Å². The molecular formula is C22H21N3O2. The molecule has 136 valence electrons. The Hall–Kier alpha value is -3.47. The van der Waals surface area contributed by atoms with Gasteiger partial charge < -0.3 is 10.1 Å². The van der Waals surface area contributed by atoms with Crippen LogP contribution in [-0.4, -0.2) is 15.9 Å². The molecule has 0 saturated carbocycles. The number of carbonyl (C=O) groups excluding carboxylic acids is 1. The van der Waals surface area contributed by atoms with Gasteiger partial charge in [0.1, 0.15) is 5.75 Å². The number of amides is 1. The summed E-state index contributed by atoms with van der Waals surface area (Å²) in [6.45, 7) is 4.08. The Morgan fingerprint density at radius 2 is 1.70 bits per heavy atom. The number of anilines is 1. The van der Waals surface area contributed by atoms with Gasteiger partial charge in [-0.05, 0) is 54.8 Å². The van der Waals surface area contributed by atoms with E-state index in [1.165, 1.54) is 5.56 Å². The highest BCUT2D eigenvalue weighted by molar-refractivity contribution is 6.04. The second-order valence-corrected chi connectivity index (χ2v) is 6.04. The first-order chi connectivity index (χ1) is 13.1. The maximum absolute atomic E-state index is 12.4. The third kappa shape index (κ3) is 5.25. The molecule has 0 saturated heterocycles. The lowest BCUT2D eigenvalue weighted by atomic mass is 10.0. The predicted octanol–water partition coefficient (Wildman–Crippen LogP) is 5.01. The number of allylic oxidation sites excluding steroid dienone is 1. The highest BCUT2D eigenvalue weighted by Gasteiger charge is 2.05. The van der Waals surface area contributed by atoms with Gasteiger partial charge in [-0.15, -0.1) is 0 Å². The Labute approximate surface area is 158 Å². The van der Waals surface area contributed by atoms with Gasteiger partial charge in [0.2, 0.25) is 5.91 Å². The van der Waals surface area contributed by atoms with Crippen LogP contribution in [0, 0.1) is 6.92 Å². The zero-order chi connectivity index (χ0) is 19.1. The SMILES string of the molecule is CC/C(=C\C(=O)Nc1ccc(Oc2ncccn2)cc1)c1ccc(C)cc1. The molecule has 0 aliphatic heterocycles. The fraction of sp³-hybridized carbons (Fsp3) is 0.136. The minimum absolute atomic E-state index is 0.160. The van der Waals surface area contributed by atoms with Crippen LogP contribution in [0.15, 0.2) is 73.1 Å². The fourth-order valence-electron chi connectivity index (χ4n) is 2.54. The van der Waals surface area contributed by atoms with Crippen LogP contribution in [0.25, 0.3) is 5.57 Å². The lowest BCUT2D eigenvalue weighted by molar-refractivity contribution is -0.111. The van der Waals surface area contributed by atoms with Crippen molar-refractivity contribution in [1.29, 1.82) is 0 Å². The number of benzene rings is 2. The van der Waals surface area contributed by atoms with E-state index in [1.54, 1.807) is 48.8 Å². The largest absolute Gasteiger partial charge is 0.424 e. The van der Waals surface area contributed by atoms with Crippen molar-refractivity contribution < 1.29 is 9.53 Å². The van der Waals surface area contributed by atoms with Crippen molar-refractivity contribution in [2.24, 2.45) is 0 Å². The smallest absolute Gasteiger partial charge is 0.321 e. The van der Waals surface area contributed by atoms with Crippen LogP contribution in [0.2, 0.25) is 0 Å². The molecule has 0 radical (unpaired) electrons. The molecule has 1 N–H and O–H groups in total. The second kappa shape index (κ2) is 8.76. The first-order valence-corrected chi connectivity index (χ1v) is 8.77. The predicted molar refractivity (Wildman–Crippen MR) is 107 cm³/mol. The van der Waals surface area contributed by atoms with Crippen LogP contribution < -0.4 is 10.1 Å². The number of nitrogens with one attached hydrogen (secondary N) is 1. The van der Waals surface area contributed by atoms with Gasteiger partial charge >= 0.3 is 6.01 Å². The summed E-state index contributed by atoms with van der Waals surface area (Å²) in [5.74, 6) is 0.441. The summed E-state index contributed by atoms with van der Waals surface area (Å²) in [7, 11) is 0.